The summed E-state index contributed by atoms with van der Waals surface area (Å²) in [6.07, 6.45) is 0.638. The minimum atomic E-state index is -0.667. The van der Waals surface area contributed by atoms with Crippen LogP contribution in [-0.2, 0) is 11.3 Å². The van der Waals surface area contributed by atoms with Gasteiger partial charge in [0.2, 0.25) is 0 Å². The molecule has 10 heteroatoms. The van der Waals surface area contributed by atoms with E-state index in [9.17, 15) is 9.59 Å². The molecular formula is C11H15N7O3. The van der Waals surface area contributed by atoms with Crippen LogP contribution in [0.4, 0.5) is 16.3 Å². The van der Waals surface area contributed by atoms with Gasteiger partial charge < -0.3 is 10.5 Å². The van der Waals surface area contributed by atoms with Gasteiger partial charge in [-0.15, -0.1) is 5.10 Å². The molecule has 0 bridgehead atoms. The van der Waals surface area contributed by atoms with Crippen molar-refractivity contribution in [2.75, 3.05) is 18.2 Å². The van der Waals surface area contributed by atoms with Crippen molar-refractivity contribution in [1.29, 1.82) is 0 Å². The molecule has 3 N–H and O–H groups in total. The number of anilines is 2. The molecule has 0 saturated heterocycles. The highest BCUT2D eigenvalue weighted by Gasteiger charge is 2.16. The molecule has 0 unspecified atom stereocenters. The van der Waals surface area contributed by atoms with E-state index in [1.807, 2.05) is 0 Å². The van der Waals surface area contributed by atoms with Crippen molar-refractivity contribution in [1.82, 2.24) is 24.8 Å². The maximum Gasteiger partial charge on any atom is 0.412 e. The molecule has 21 heavy (non-hydrogen) atoms. The number of hydrogen-bond donors (Lipinski definition) is 2. The molecule has 2 aromatic rings. The zero-order valence-corrected chi connectivity index (χ0v) is 11.8. The average Bonchev–Trinajstić information content (AvgIpc) is 2.98. The average molecular weight is 293 g/mol. The smallest absolute Gasteiger partial charge is 0.412 e. The van der Waals surface area contributed by atoms with Gasteiger partial charge in [0.1, 0.15) is 6.54 Å². The van der Waals surface area contributed by atoms with Crippen molar-refractivity contribution in [2.45, 2.75) is 20.4 Å². The Morgan fingerprint density at radius 2 is 2.10 bits per heavy atom. The lowest BCUT2D eigenvalue weighted by molar-refractivity contribution is 0.0861. The fourth-order valence-electron chi connectivity index (χ4n) is 1.67. The molecule has 10 nitrogen and oxygen atoms in total. The molecule has 2 aromatic heterocycles. The lowest BCUT2D eigenvalue weighted by Crippen LogP contribution is -2.22. The first-order valence-electron chi connectivity index (χ1n) is 6.02. The summed E-state index contributed by atoms with van der Waals surface area (Å²) in [6, 6.07) is 0. The monoisotopic (exact) mass is 293 g/mol. The number of rotatable bonds is 3. The predicted molar refractivity (Wildman–Crippen MR) is 72.8 cm³/mol. The molecule has 0 aliphatic carbocycles. The molecule has 112 valence electrons. The van der Waals surface area contributed by atoms with Crippen molar-refractivity contribution in [3.8, 4) is 0 Å². The zero-order chi connectivity index (χ0) is 15.6. The molecule has 1 amide bonds. The van der Waals surface area contributed by atoms with Crippen LogP contribution in [0.25, 0.3) is 0 Å². The van der Waals surface area contributed by atoms with E-state index in [0.29, 0.717) is 17.1 Å². The van der Waals surface area contributed by atoms with Crippen LogP contribution >= 0.6 is 0 Å². The van der Waals surface area contributed by atoms with E-state index in [2.05, 4.69) is 25.3 Å². The van der Waals surface area contributed by atoms with Crippen LogP contribution in [0.1, 0.15) is 16.2 Å². The number of ether oxygens (including phenoxy) is 1. The van der Waals surface area contributed by atoms with Crippen molar-refractivity contribution >= 4 is 23.5 Å². The number of carbonyl (C=O) groups excluding carboxylic acids is 2. The topological polar surface area (TPSA) is 130 Å². The number of nitrogens with zero attached hydrogens (tertiary/aromatic N) is 5. The minimum Gasteiger partial charge on any atom is -0.453 e. The Bertz CT molecular complexity index is 688. The highest BCUT2D eigenvalue weighted by Crippen LogP contribution is 2.14. The molecule has 0 atom stereocenters. The summed E-state index contributed by atoms with van der Waals surface area (Å²) in [4.78, 5) is 24.3. The summed E-state index contributed by atoms with van der Waals surface area (Å²) >= 11 is 0. The number of carbonyl (C=O) groups is 2. The van der Waals surface area contributed by atoms with Gasteiger partial charge in [-0.2, -0.15) is 15.0 Å². The number of nitrogens with two attached hydrogens (primary N) is 1. The van der Waals surface area contributed by atoms with Gasteiger partial charge in [-0.05, 0) is 13.8 Å². The largest absolute Gasteiger partial charge is 0.453 e. The number of nitrogen functional groups attached to an aromatic ring is 1. The number of amides is 1. The lowest BCUT2D eigenvalue weighted by Gasteiger charge is -2.02. The van der Waals surface area contributed by atoms with Gasteiger partial charge in [-0.1, -0.05) is 0 Å². The quantitative estimate of drug-likeness (QED) is 0.826. The second-order valence-corrected chi connectivity index (χ2v) is 4.27. The first kappa shape index (κ1) is 14.5. The number of aromatic nitrogens is 5. The maximum atomic E-state index is 12.1. The summed E-state index contributed by atoms with van der Waals surface area (Å²) in [5, 5.41) is 14.2. The summed E-state index contributed by atoms with van der Waals surface area (Å²) < 4.78 is 5.63. The SMILES string of the molecule is COC(=O)Nc1cnn(CC(=O)n2nc(C)c(N)c2C)n1. The van der Waals surface area contributed by atoms with E-state index in [0.717, 1.165) is 4.80 Å². The molecule has 0 aliphatic rings. The number of hydrogen-bond acceptors (Lipinski definition) is 7. The van der Waals surface area contributed by atoms with Crippen LogP contribution in [0.15, 0.2) is 6.20 Å². The first-order valence-corrected chi connectivity index (χ1v) is 6.02. The van der Waals surface area contributed by atoms with Gasteiger partial charge in [-0.3, -0.25) is 10.1 Å². The fourth-order valence-corrected chi connectivity index (χ4v) is 1.67. The zero-order valence-electron chi connectivity index (χ0n) is 11.8. The van der Waals surface area contributed by atoms with Crippen LogP contribution < -0.4 is 11.1 Å². The van der Waals surface area contributed by atoms with Crippen molar-refractivity contribution < 1.29 is 14.3 Å². The molecule has 0 radical (unpaired) electrons. The van der Waals surface area contributed by atoms with E-state index in [1.165, 1.54) is 18.0 Å². The normalized spacial score (nSPS) is 10.4. The Hall–Kier alpha value is -2.91. The van der Waals surface area contributed by atoms with Crippen LogP contribution in [0.2, 0.25) is 0 Å². The van der Waals surface area contributed by atoms with Gasteiger partial charge in [-0.25, -0.2) is 9.48 Å². The first-order chi connectivity index (χ1) is 9.92. The lowest BCUT2D eigenvalue weighted by atomic mass is 10.3. The Labute approximate surface area is 119 Å². The summed E-state index contributed by atoms with van der Waals surface area (Å²) in [5.41, 5.74) is 7.40. The van der Waals surface area contributed by atoms with E-state index in [4.69, 9.17) is 5.73 Å². The van der Waals surface area contributed by atoms with Gasteiger partial charge in [0.25, 0.3) is 5.91 Å². The summed E-state index contributed by atoms with van der Waals surface area (Å²) in [7, 11) is 1.23. The highest BCUT2D eigenvalue weighted by atomic mass is 16.5. The standard InChI is InChI=1S/C11H15N7O3/c1-6-10(12)7(2)18(15-6)9(19)5-17-13-4-8(16-17)14-11(20)21-3/h4H,5,12H2,1-3H3,(H,14,16,20). The number of nitrogens with one attached hydrogen (secondary N) is 1. The molecule has 0 saturated carbocycles. The van der Waals surface area contributed by atoms with Crippen LogP contribution in [0.3, 0.4) is 0 Å². The second-order valence-electron chi connectivity index (χ2n) is 4.27. The predicted octanol–water partition coefficient (Wildman–Crippen LogP) is 0.192. The molecule has 2 rings (SSSR count). The molecule has 0 fully saturated rings. The molecule has 0 spiro atoms. The molecular weight excluding hydrogens is 278 g/mol. The summed E-state index contributed by atoms with van der Waals surface area (Å²) in [5.74, 6) is -0.157. The van der Waals surface area contributed by atoms with Crippen LogP contribution in [0.5, 0.6) is 0 Å². The van der Waals surface area contributed by atoms with Gasteiger partial charge in [0.15, 0.2) is 5.82 Å². The molecule has 2 heterocycles. The minimum absolute atomic E-state index is 0.135. The van der Waals surface area contributed by atoms with Crippen molar-refractivity contribution in [3.05, 3.63) is 17.6 Å². The van der Waals surface area contributed by atoms with Gasteiger partial charge in [0, 0.05) is 0 Å². The van der Waals surface area contributed by atoms with E-state index < -0.39 is 6.09 Å². The number of methoxy groups -OCH3 is 1. The second kappa shape index (κ2) is 5.61. The third-order valence-electron chi connectivity index (χ3n) is 2.81. The van der Waals surface area contributed by atoms with Gasteiger partial charge in [0.05, 0.1) is 30.4 Å². The van der Waals surface area contributed by atoms with E-state index in [-0.39, 0.29) is 18.3 Å². The fraction of sp³-hybridized carbons (Fsp3) is 0.364. The molecule has 0 aromatic carbocycles. The summed E-state index contributed by atoms with van der Waals surface area (Å²) in [6.45, 7) is 3.29. The third kappa shape index (κ3) is 2.99. The van der Waals surface area contributed by atoms with Gasteiger partial charge >= 0.3 is 6.09 Å². The van der Waals surface area contributed by atoms with Crippen molar-refractivity contribution in [3.63, 3.8) is 0 Å². The Morgan fingerprint density at radius 1 is 1.38 bits per heavy atom. The van der Waals surface area contributed by atoms with Crippen LogP contribution in [0, 0.1) is 13.8 Å². The number of aryl methyl sites for hydroxylation is 1. The highest BCUT2D eigenvalue weighted by molar-refractivity contribution is 5.83. The Balaban J connectivity index is 2.09. The van der Waals surface area contributed by atoms with Crippen LogP contribution in [-0.4, -0.2) is 43.9 Å². The Morgan fingerprint density at radius 3 is 2.67 bits per heavy atom. The van der Waals surface area contributed by atoms with E-state index in [1.54, 1.807) is 13.8 Å². The third-order valence-corrected chi connectivity index (χ3v) is 2.81. The van der Waals surface area contributed by atoms with E-state index >= 15 is 0 Å². The Kier molecular flexibility index (Phi) is 3.87. The maximum absolute atomic E-state index is 12.1. The van der Waals surface area contributed by atoms with Crippen molar-refractivity contribution in [2.24, 2.45) is 0 Å². The molecule has 0 aliphatic heterocycles.